The molecule has 6 nitrogen and oxygen atoms in total. The van der Waals surface area contributed by atoms with E-state index in [4.69, 9.17) is 4.74 Å². The number of thioether (sulfide) groups is 1. The molecule has 2 aromatic rings. The van der Waals surface area contributed by atoms with Crippen LogP contribution in [-0.2, 0) is 20.6 Å². The molecule has 0 atom stereocenters. The summed E-state index contributed by atoms with van der Waals surface area (Å²) in [6.45, 7) is 2.95. The molecule has 0 fully saturated rings. The maximum atomic E-state index is 12.1. The van der Waals surface area contributed by atoms with Crippen molar-refractivity contribution in [2.45, 2.75) is 25.5 Å². The zero-order valence-electron chi connectivity index (χ0n) is 17.8. The van der Waals surface area contributed by atoms with Crippen molar-refractivity contribution in [1.82, 2.24) is 5.32 Å². The van der Waals surface area contributed by atoms with Gasteiger partial charge in [0.25, 0.3) is 0 Å². The number of nitrogens with zero attached hydrogens (tertiary/aromatic N) is 1. The van der Waals surface area contributed by atoms with Crippen LogP contribution in [0.1, 0.15) is 24.0 Å². The Hall–Kier alpha value is -2.19. The minimum atomic E-state index is -3.43. The minimum absolute atomic E-state index is 0.0605. The summed E-state index contributed by atoms with van der Waals surface area (Å²) in [7, 11) is -1.87. The van der Waals surface area contributed by atoms with Gasteiger partial charge in [0, 0.05) is 31.0 Å². The van der Waals surface area contributed by atoms with Crippen molar-refractivity contribution in [3.8, 4) is 5.75 Å². The van der Waals surface area contributed by atoms with E-state index in [0.29, 0.717) is 24.4 Å². The van der Waals surface area contributed by atoms with Crippen LogP contribution >= 0.6 is 11.8 Å². The molecule has 2 rings (SSSR count). The number of methoxy groups -OCH3 is 1. The van der Waals surface area contributed by atoms with Crippen molar-refractivity contribution in [2.24, 2.45) is 0 Å². The fourth-order valence-electron chi connectivity index (χ4n) is 2.92. The molecule has 1 amide bonds. The zero-order valence-corrected chi connectivity index (χ0v) is 19.4. The molecule has 164 valence electrons. The number of carbonyl (C=O) groups is 1. The Labute approximate surface area is 184 Å². The minimum Gasteiger partial charge on any atom is -0.497 e. The highest BCUT2D eigenvalue weighted by atomic mass is 32.2. The third-order valence-corrected chi connectivity index (χ3v) is 6.82. The van der Waals surface area contributed by atoms with Crippen LogP contribution < -0.4 is 14.4 Å². The van der Waals surface area contributed by atoms with Gasteiger partial charge in [-0.15, -0.1) is 0 Å². The van der Waals surface area contributed by atoms with Crippen molar-refractivity contribution in [3.63, 3.8) is 0 Å². The number of nitrogens with one attached hydrogen (secondary N) is 1. The third-order valence-electron chi connectivity index (χ3n) is 4.61. The lowest BCUT2D eigenvalue weighted by atomic mass is 10.1. The third kappa shape index (κ3) is 7.91. The predicted octanol–water partition coefficient (Wildman–Crippen LogP) is 3.60. The molecule has 8 heteroatoms. The lowest BCUT2D eigenvalue weighted by Crippen LogP contribution is -2.32. The average molecular weight is 451 g/mol. The van der Waals surface area contributed by atoms with Crippen molar-refractivity contribution < 1.29 is 17.9 Å². The maximum absolute atomic E-state index is 12.1. The number of anilines is 1. The normalized spacial score (nSPS) is 11.2. The first-order valence-electron chi connectivity index (χ1n) is 9.82. The quantitative estimate of drug-likeness (QED) is 0.500. The van der Waals surface area contributed by atoms with Crippen molar-refractivity contribution >= 4 is 33.4 Å². The Bertz CT molecular complexity index is 915. The summed E-state index contributed by atoms with van der Waals surface area (Å²) in [4.78, 5) is 12.1. The molecule has 2 aromatic carbocycles. The monoisotopic (exact) mass is 450 g/mol. The molecule has 30 heavy (non-hydrogen) atoms. The van der Waals surface area contributed by atoms with Crippen LogP contribution in [0.2, 0.25) is 0 Å². The molecule has 0 aromatic heterocycles. The van der Waals surface area contributed by atoms with E-state index in [9.17, 15) is 13.2 Å². The molecule has 0 unspecified atom stereocenters. The number of rotatable bonds is 12. The lowest BCUT2D eigenvalue weighted by Gasteiger charge is -2.22. The van der Waals surface area contributed by atoms with Crippen LogP contribution in [0.4, 0.5) is 5.69 Å². The van der Waals surface area contributed by atoms with Gasteiger partial charge in [-0.1, -0.05) is 24.3 Å². The zero-order chi connectivity index (χ0) is 22.0. The second-order valence-electron chi connectivity index (χ2n) is 6.97. The SMILES string of the molecule is COc1ccc(N(CCCC(=O)NCCSCc2ccccc2C)S(C)(=O)=O)cc1. The van der Waals surface area contributed by atoms with Crippen LogP contribution in [0.25, 0.3) is 0 Å². The molecule has 0 aliphatic rings. The number of amides is 1. The van der Waals surface area contributed by atoms with Crippen LogP contribution in [0, 0.1) is 6.92 Å². The summed E-state index contributed by atoms with van der Waals surface area (Å²) in [5.74, 6) is 2.36. The van der Waals surface area contributed by atoms with Crippen molar-refractivity contribution in [3.05, 3.63) is 59.7 Å². The lowest BCUT2D eigenvalue weighted by molar-refractivity contribution is -0.121. The topological polar surface area (TPSA) is 75.7 Å². The summed E-state index contributed by atoms with van der Waals surface area (Å²) in [6.07, 6.45) is 1.90. The first-order chi connectivity index (χ1) is 14.3. The molecule has 1 N–H and O–H groups in total. The van der Waals surface area contributed by atoms with Gasteiger partial charge >= 0.3 is 0 Å². The molecule has 0 aliphatic heterocycles. The van der Waals surface area contributed by atoms with E-state index < -0.39 is 10.0 Å². The van der Waals surface area contributed by atoms with Gasteiger partial charge in [0.1, 0.15) is 5.75 Å². The molecule has 0 bridgehead atoms. The second kappa shape index (κ2) is 11.9. The number of hydrogen-bond acceptors (Lipinski definition) is 5. The Kier molecular flexibility index (Phi) is 9.52. The molecule has 0 saturated heterocycles. The largest absolute Gasteiger partial charge is 0.497 e. The van der Waals surface area contributed by atoms with Crippen LogP contribution in [0.3, 0.4) is 0 Å². The molecule has 0 radical (unpaired) electrons. The van der Waals surface area contributed by atoms with Crippen LogP contribution in [0.15, 0.2) is 48.5 Å². The highest BCUT2D eigenvalue weighted by Crippen LogP contribution is 2.22. The summed E-state index contributed by atoms with van der Waals surface area (Å²) in [5, 5.41) is 2.91. The van der Waals surface area contributed by atoms with Crippen molar-refractivity contribution in [1.29, 1.82) is 0 Å². The summed E-state index contributed by atoms with van der Waals surface area (Å²) < 4.78 is 30.7. The van der Waals surface area contributed by atoms with E-state index in [1.165, 1.54) is 21.7 Å². The molecule has 0 aliphatic carbocycles. The fraction of sp³-hybridized carbons (Fsp3) is 0.409. The molecule has 0 spiro atoms. The van der Waals surface area contributed by atoms with Crippen molar-refractivity contribution in [2.75, 3.05) is 36.5 Å². The fourth-order valence-corrected chi connectivity index (χ4v) is 4.82. The predicted molar refractivity (Wildman–Crippen MR) is 125 cm³/mol. The highest BCUT2D eigenvalue weighted by molar-refractivity contribution is 7.98. The molecule has 0 heterocycles. The first-order valence-corrected chi connectivity index (χ1v) is 12.8. The number of aryl methyl sites for hydroxylation is 1. The Balaban J connectivity index is 1.71. The molecular formula is C22H30N2O4S2. The van der Waals surface area contributed by atoms with Gasteiger partial charge in [0.15, 0.2) is 0 Å². The smallest absolute Gasteiger partial charge is 0.232 e. The number of sulfonamides is 1. The second-order valence-corrected chi connectivity index (χ2v) is 9.98. The van der Waals surface area contributed by atoms with E-state index in [1.54, 1.807) is 43.1 Å². The van der Waals surface area contributed by atoms with Gasteiger partial charge in [-0.2, -0.15) is 11.8 Å². The van der Waals surface area contributed by atoms with Crippen LogP contribution in [-0.4, -0.2) is 46.5 Å². The van der Waals surface area contributed by atoms with E-state index in [1.807, 2.05) is 12.1 Å². The van der Waals surface area contributed by atoms with E-state index in [2.05, 4.69) is 24.4 Å². The van der Waals surface area contributed by atoms with E-state index >= 15 is 0 Å². The summed E-state index contributed by atoms with van der Waals surface area (Å²) >= 11 is 1.78. The number of benzene rings is 2. The van der Waals surface area contributed by atoms with Gasteiger partial charge in [-0.05, 0) is 48.7 Å². The Morgan fingerprint density at radius 3 is 2.47 bits per heavy atom. The number of ether oxygens (including phenoxy) is 1. The van der Waals surface area contributed by atoms with E-state index in [-0.39, 0.29) is 18.9 Å². The maximum Gasteiger partial charge on any atom is 0.232 e. The molecular weight excluding hydrogens is 420 g/mol. The number of hydrogen-bond donors (Lipinski definition) is 1. The highest BCUT2D eigenvalue weighted by Gasteiger charge is 2.17. The Morgan fingerprint density at radius 1 is 1.13 bits per heavy atom. The van der Waals surface area contributed by atoms with Gasteiger partial charge in [0.05, 0.1) is 19.1 Å². The summed E-state index contributed by atoms with van der Waals surface area (Å²) in [5.41, 5.74) is 3.15. The Morgan fingerprint density at radius 2 is 1.83 bits per heavy atom. The molecule has 0 saturated carbocycles. The summed E-state index contributed by atoms with van der Waals surface area (Å²) in [6, 6.07) is 15.1. The van der Waals surface area contributed by atoms with Gasteiger partial charge in [-0.25, -0.2) is 8.42 Å². The average Bonchev–Trinajstić information content (AvgIpc) is 2.71. The van der Waals surface area contributed by atoms with Gasteiger partial charge in [0.2, 0.25) is 15.9 Å². The first kappa shape index (κ1) is 24.1. The standard InChI is InChI=1S/C22H30N2O4S2/c1-18-7-4-5-8-19(18)17-29-16-14-23-22(25)9-6-15-24(30(3,26)27)20-10-12-21(28-2)13-11-20/h4-5,7-8,10-13H,6,9,14-17H2,1-3H3,(H,23,25). The van der Waals surface area contributed by atoms with E-state index in [0.717, 1.165) is 11.5 Å². The van der Waals surface area contributed by atoms with Crippen LogP contribution in [0.5, 0.6) is 5.75 Å². The number of carbonyl (C=O) groups excluding carboxylic acids is 1. The van der Waals surface area contributed by atoms with Gasteiger partial charge < -0.3 is 10.1 Å². The van der Waals surface area contributed by atoms with Gasteiger partial charge in [-0.3, -0.25) is 9.10 Å².